The second-order valence-corrected chi connectivity index (χ2v) is 6.30. The number of anilines is 1. The molecule has 5 nitrogen and oxygen atoms in total. The van der Waals surface area contributed by atoms with E-state index in [2.05, 4.69) is 16.7 Å². The number of nitrogens with one attached hydrogen (secondary N) is 2. The van der Waals surface area contributed by atoms with Crippen LogP contribution in [0.4, 0.5) is 5.69 Å². The molecule has 2 heterocycles. The highest BCUT2D eigenvalue weighted by Gasteiger charge is 2.35. The standard InChI is InChI=1S/C17H20ClN3O2.ClH/c18-14-3-1-2-4-15(14)21-11-13(9-16(21)22)17(23)20-10-12-5-7-19-8-6-12;/h1-5,13,19H,6-11H2,(H,20,23);1H. The first kappa shape index (κ1) is 18.8. The minimum absolute atomic E-state index is 0. The second-order valence-electron chi connectivity index (χ2n) is 5.89. The van der Waals surface area contributed by atoms with Gasteiger partial charge in [0.25, 0.3) is 0 Å². The van der Waals surface area contributed by atoms with E-state index < -0.39 is 0 Å². The van der Waals surface area contributed by atoms with Crippen molar-refractivity contribution >= 4 is 41.5 Å². The molecule has 2 aliphatic heterocycles. The lowest BCUT2D eigenvalue weighted by Crippen LogP contribution is -2.35. The van der Waals surface area contributed by atoms with Crippen LogP contribution in [0.2, 0.25) is 5.02 Å². The fraction of sp³-hybridized carbons (Fsp3) is 0.412. The molecule has 3 rings (SSSR count). The molecule has 24 heavy (non-hydrogen) atoms. The van der Waals surface area contributed by atoms with E-state index in [0.29, 0.717) is 23.8 Å². The van der Waals surface area contributed by atoms with E-state index in [-0.39, 0.29) is 36.6 Å². The van der Waals surface area contributed by atoms with Crippen molar-refractivity contribution in [3.05, 3.63) is 40.9 Å². The molecular formula is C17H21Cl2N3O2. The highest BCUT2D eigenvalue weighted by molar-refractivity contribution is 6.33. The molecule has 1 atom stereocenters. The van der Waals surface area contributed by atoms with Crippen molar-refractivity contribution in [3.63, 3.8) is 0 Å². The quantitative estimate of drug-likeness (QED) is 0.799. The monoisotopic (exact) mass is 369 g/mol. The first-order chi connectivity index (χ1) is 11.1. The molecule has 0 saturated carbocycles. The Kier molecular flexibility index (Phi) is 6.66. The Bertz CT molecular complexity index is 648. The molecule has 0 aromatic heterocycles. The maximum atomic E-state index is 12.3. The third-order valence-electron chi connectivity index (χ3n) is 4.29. The third-order valence-corrected chi connectivity index (χ3v) is 4.61. The van der Waals surface area contributed by atoms with Crippen LogP contribution in [-0.2, 0) is 9.59 Å². The smallest absolute Gasteiger partial charge is 0.227 e. The van der Waals surface area contributed by atoms with Gasteiger partial charge in [0.2, 0.25) is 11.8 Å². The van der Waals surface area contributed by atoms with Crippen molar-refractivity contribution in [3.8, 4) is 0 Å². The molecular weight excluding hydrogens is 349 g/mol. The van der Waals surface area contributed by atoms with Gasteiger partial charge in [0.05, 0.1) is 16.6 Å². The van der Waals surface area contributed by atoms with Crippen molar-refractivity contribution in [2.75, 3.05) is 31.1 Å². The molecule has 1 aromatic rings. The van der Waals surface area contributed by atoms with Crippen LogP contribution < -0.4 is 15.5 Å². The largest absolute Gasteiger partial charge is 0.352 e. The first-order valence-electron chi connectivity index (χ1n) is 7.86. The van der Waals surface area contributed by atoms with Crippen molar-refractivity contribution in [2.45, 2.75) is 12.8 Å². The Hall–Kier alpha value is -1.56. The number of halogens is 2. The van der Waals surface area contributed by atoms with Gasteiger partial charge in [-0.15, -0.1) is 12.4 Å². The summed E-state index contributed by atoms with van der Waals surface area (Å²) in [4.78, 5) is 26.2. The summed E-state index contributed by atoms with van der Waals surface area (Å²) < 4.78 is 0. The molecule has 2 amide bonds. The maximum absolute atomic E-state index is 12.3. The van der Waals surface area contributed by atoms with Gasteiger partial charge in [-0.05, 0) is 25.1 Å². The summed E-state index contributed by atoms with van der Waals surface area (Å²) >= 11 is 6.15. The molecule has 1 unspecified atom stereocenters. The number of carbonyl (C=O) groups excluding carboxylic acids is 2. The summed E-state index contributed by atoms with van der Waals surface area (Å²) in [6.07, 6.45) is 3.30. The van der Waals surface area contributed by atoms with Crippen LogP contribution in [0.1, 0.15) is 12.8 Å². The van der Waals surface area contributed by atoms with E-state index in [9.17, 15) is 9.59 Å². The van der Waals surface area contributed by atoms with Gasteiger partial charge in [0, 0.05) is 26.1 Å². The van der Waals surface area contributed by atoms with Crippen LogP contribution in [0.3, 0.4) is 0 Å². The minimum Gasteiger partial charge on any atom is -0.352 e. The van der Waals surface area contributed by atoms with E-state index in [1.165, 1.54) is 5.57 Å². The van der Waals surface area contributed by atoms with Crippen LogP contribution in [-0.4, -0.2) is 38.0 Å². The van der Waals surface area contributed by atoms with Crippen molar-refractivity contribution < 1.29 is 9.59 Å². The molecule has 1 saturated heterocycles. The Morgan fingerprint density at radius 2 is 2.17 bits per heavy atom. The Balaban J connectivity index is 0.00000208. The number of benzene rings is 1. The van der Waals surface area contributed by atoms with Crippen LogP contribution >= 0.6 is 24.0 Å². The van der Waals surface area contributed by atoms with E-state index in [1.807, 2.05) is 12.1 Å². The van der Waals surface area contributed by atoms with Gasteiger partial charge in [0.15, 0.2) is 0 Å². The lowest BCUT2D eigenvalue weighted by atomic mass is 10.1. The van der Waals surface area contributed by atoms with Crippen molar-refractivity contribution in [2.24, 2.45) is 5.92 Å². The molecule has 1 aromatic carbocycles. The Morgan fingerprint density at radius 1 is 1.38 bits per heavy atom. The van der Waals surface area contributed by atoms with Crippen molar-refractivity contribution in [1.29, 1.82) is 0 Å². The van der Waals surface area contributed by atoms with Gasteiger partial charge in [0.1, 0.15) is 0 Å². The predicted octanol–water partition coefficient (Wildman–Crippen LogP) is 2.15. The van der Waals surface area contributed by atoms with Crippen LogP contribution in [0.25, 0.3) is 0 Å². The van der Waals surface area contributed by atoms with Gasteiger partial charge < -0.3 is 15.5 Å². The number of nitrogens with zero attached hydrogens (tertiary/aromatic N) is 1. The van der Waals surface area contributed by atoms with Gasteiger partial charge in [-0.2, -0.15) is 0 Å². The molecule has 0 spiro atoms. The highest BCUT2D eigenvalue weighted by atomic mass is 35.5. The summed E-state index contributed by atoms with van der Waals surface area (Å²) in [5.74, 6) is -0.437. The molecule has 0 aliphatic carbocycles. The summed E-state index contributed by atoms with van der Waals surface area (Å²) in [6.45, 7) is 2.75. The van der Waals surface area contributed by atoms with Crippen LogP contribution in [0.5, 0.6) is 0 Å². The summed E-state index contributed by atoms with van der Waals surface area (Å²) in [5.41, 5.74) is 1.92. The molecule has 0 radical (unpaired) electrons. The van der Waals surface area contributed by atoms with Gasteiger partial charge in [-0.3, -0.25) is 9.59 Å². The van der Waals surface area contributed by atoms with Gasteiger partial charge in [-0.1, -0.05) is 35.4 Å². The van der Waals surface area contributed by atoms with Crippen LogP contribution in [0, 0.1) is 5.92 Å². The molecule has 2 N–H and O–H groups in total. The van der Waals surface area contributed by atoms with E-state index in [1.54, 1.807) is 17.0 Å². The fourth-order valence-corrected chi connectivity index (χ4v) is 3.20. The minimum atomic E-state index is -0.318. The highest BCUT2D eigenvalue weighted by Crippen LogP contribution is 2.30. The Labute approximate surface area is 152 Å². The molecule has 0 bridgehead atoms. The first-order valence-corrected chi connectivity index (χ1v) is 8.24. The van der Waals surface area contributed by atoms with Gasteiger partial charge >= 0.3 is 0 Å². The topological polar surface area (TPSA) is 61.4 Å². The second kappa shape index (κ2) is 8.51. The summed E-state index contributed by atoms with van der Waals surface area (Å²) in [6, 6.07) is 7.22. The van der Waals surface area contributed by atoms with E-state index >= 15 is 0 Å². The average molecular weight is 370 g/mol. The molecule has 2 aliphatic rings. The number of hydrogen-bond donors (Lipinski definition) is 2. The summed E-state index contributed by atoms with van der Waals surface area (Å²) in [7, 11) is 0. The normalized spacial score (nSPS) is 20.4. The van der Waals surface area contributed by atoms with Gasteiger partial charge in [-0.25, -0.2) is 0 Å². The Morgan fingerprint density at radius 3 is 2.88 bits per heavy atom. The SMILES string of the molecule is Cl.O=C(NCC1=CCNCC1)C1CC(=O)N(c2ccccc2Cl)C1. The molecule has 130 valence electrons. The lowest BCUT2D eigenvalue weighted by Gasteiger charge is -2.18. The average Bonchev–Trinajstić information content (AvgIpc) is 2.96. The number of hydrogen-bond acceptors (Lipinski definition) is 3. The third kappa shape index (κ3) is 4.29. The zero-order valence-electron chi connectivity index (χ0n) is 13.3. The lowest BCUT2D eigenvalue weighted by molar-refractivity contribution is -0.126. The van der Waals surface area contributed by atoms with Crippen LogP contribution in [0.15, 0.2) is 35.9 Å². The zero-order chi connectivity index (χ0) is 16.2. The van der Waals surface area contributed by atoms with E-state index in [0.717, 1.165) is 19.5 Å². The fourth-order valence-electron chi connectivity index (χ4n) is 2.96. The van der Waals surface area contributed by atoms with Crippen molar-refractivity contribution in [1.82, 2.24) is 10.6 Å². The number of para-hydroxylation sites is 1. The van der Waals surface area contributed by atoms with E-state index in [4.69, 9.17) is 11.6 Å². The number of rotatable bonds is 4. The molecule has 7 heteroatoms. The number of carbonyl (C=O) groups is 2. The maximum Gasteiger partial charge on any atom is 0.227 e. The number of amides is 2. The molecule has 1 fully saturated rings. The zero-order valence-corrected chi connectivity index (χ0v) is 14.8. The summed E-state index contributed by atoms with van der Waals surface area (Å²) in [5, 5.41) is 6.72. The predicted molar refractivity (Wildman–Crippen MR) is 97.7 cm³/mol.